The predicted octanol–water partition coefficient (Wildman–Crippen LogP) is 2.70. The first-order valence-electron chi connectivity index (χ1n) is 4.68. The fourth-order valence-electron chi connectivity index (χ4n) is 2.10. The summed E-state index contributed by atoms with van der Waals surface area (Å²) in [4.78, 5) is 0. The number of halogens is 1. The van der Waals surface area contributed by atoms with E-state index >= 15 is 0 Å². The first kappa shape index (κ1) is 10.6. The quantitative estimate of drug-likeness (QED) is 0.736. The largest absolute Gasteiger partial charge is 0.327 e. The zero-order valence-electron chi connectivity index (χ0n) is 7.65. The van der Waals surface area contributed by atoms with Crippen LogP contribution in [-0.2, 0) is 0 Å². The fourth-order valence-corrected chi connectivity index (χ4v) is 2.10. The summed E-state index contributed by atoms with van der Waals surface area (Å²) in [7, 11) is 0. The average molecular weight is 198 g/mol. The molecule has 13 heavy (non-hydrogen) atoms. The van der Waals surface area contributed by atoms with Crippen LogP contribution in [0.4, 0.5) is 0 Å². The van der Waals surface area contributed by atoms with E-state index in [4.69, 9.17) is 5.73 Å². The molecule has 2 N–H and O–H groups in total. The van der Waals surface area contributed by atoms with Crippen molar-refractivity contribution in [2.75, 3.05) is 0 Å². The third kappa shape index (κ3) is 2.23. The van der Waals surface area contributed by atoms with E-state index in [1.807, 2.05) is 0 Å². The highest BCUT2D eigenvalue weighted by molar-refractivity contribution is 5.85. The van der Waals surface area contributed by atoms with Crippen LogP contribution in [0.15, 0.2) is 30.3 Å². The Hall–Kier alpha value is -0.530. The van der Waals surface area contributed by atoms with E-state index in [9.17, 15) is 0 Å². The zero-order chi connectivity index (χ0) is 8.39. The van der Waals surface area contributed by atoms with Crippen LogP contribution in [-0.4, -0.2) is 6.04 Å². The van der Waals surface area contributed by atoms with Gasteiger partial charge in [0.2, 0.25) is 0 Å². The van der Waals surface area contributed by atoms with Gasteiger partial charge in [-0.3, -0.25) is 0 Å². The van der Waals surface area contributed by atoms with E-state index in [0.29, 0.717) is 12.0 Å². The highest BCUT2D eigenvalue weighted by atomic mass is 35.5. The molecule has 0 radical (unpaired) electrons. The number of rotatable bonds is 1. The number of hydrogen-bond donors (Lipinski definition) is 1. The Bertz CT molecular complexity index is 248. The van der Waals surface area contributed by atoms with E-state index in [-0.39, 0.29) is 12.4 Å². The first-order valence-corrected chi connectivity index (χ1v) is 4.68. The fraction of sp³-hybridized carbons (Fsp3) is 0.455. The van der Waals surface area contributed by atoms with Crippen LogP contribution in [0.25, 0.3) is 0 Å². The molecule has 1 fully saturated rings. The molecular weight excluding hydrogens is 182 g/mol. The van der Waals surface area contributed by atoms with Gasteiger partial charge in [0.15, 0.2) is 0 Å². The van der Waals surface area contributed by atoms with Gasteiger partial charge in [0.1, 0.15) is 0 Å². The molecule has 1 aliphatic rings. The first-order chi connectivity index (χ1) is 5.88. The average Bonchev–Trinajstić information content (AvgIpc) is 2.53. The Morgan fingerprint density at radius 1 is 1.08 bits per heavy atom. The van der Waals surface area contributed by atoms with Crippen molar-refractivity contribution in [2.24, 2.45) is 5.73 Å². The molecule has 2 heteroatoms. The van der Waals surface area contributed by atoms with Gasteiger partial charge in [-0.2, -0.15) is 0 Å². The van der Waals surface area contributed by atoms with Gasteiger partial charge in [0, 0.05) is 6.04 Å². The summed E-state index contributed by atoms with van der Waals surface area (Å²) in [6, 6.07) is 11.0. The van der Waals surface area contributed by atoms with Crippen molar-refractivity contribution >= 4 is 12.4 Å². The van der Waals surface area contributed by atoms with Crippen LogP contribution < -0.4 is 5.73 Å². The molecule has 0 aromatic heterocycles. The third-order valence-electron chi connectivity index (χ3n) is 2.80. The maximum absolute atomic E-state index is 6.01. The lowest BCUT2D eigenvalue weighted by Crippen LogP contribution is -2.22. The van der Waals surface area contributed by atoms with Crippen molar-refractivity contribution in [1.29, 1.82) is 0 Å². The molecular formula is C11H16ClN. The molecule has 0 aliphatic heterocycles. The van der Waals surface area contributed by atoms with Crippen LogP contribution >= 0.6 is 12.4 Å². The van der Waals surface area contributed by atoms with Crippen molar-refractivity contribution in [3.63, 3.8) is 0 Å². The Morgan fingerprint density at radius 2 is 1.77 bits per heavy atom. The summed E-state index contributed by atoms with van der Waals surface area (Å²) >= 11 is 0. The minimum atomic E-state index is 0. The van der Waals surface area contributed by atoms with E-state index in [2.05, 4.69) is 30.3 Å². The summed E-state index contributed by atoms with van der Waals surface area (Å²) in [6.07, 6.45) is 3.76. The second-order valence-corrected chi connectivity index (χ2v) is 3.61. The third-order valence-corrected chi connectivity index (χ3v) is 2.80. The second-order valence-electron chi connectivity index (χ2n) is 3.61. The number of nitrogens with two attached hydrogens (primary N) is 1. The maximum Gasteiger partial charge on any atom is 0.0108 e. The summed E-state index contributed by atoms with van der Waals surface area (Å²) < 4.78 is 0. The van der Waals surface area contributed by atoms with Crippen LogP contribution in [0, 0.1) is 0 Å². The van der Waals surface area contributed by atoms with Gasteiger partial charge in [-0.1, -0.05) is 36.8 Å². The SMILES string of the molecule is Cl.N[C@@H]1CCC[C@@H]1c1ccccc1. The molecule has 1 saturated carbocycles. The molecule has 2 atom stereocenters. The molecule has 1 aliphatic carbocycles. The molecule has 0 bridgehead atoms. The lowest BCUT2D eigenvalue weighted by atomic mass is 9.95. The van der Waals surface area contributed by atoms with Gasteiger partial charge in [0.05, 0.1) is 0 Å². The van der Waals surface area contributed by atoms with Crippen LogP contribution in [0.3, 0.4) is 0 Å². The molecule has 0 amide bonds. The minimum absolute atomic E-state index is 0. The van der Waals surface area contributed by atoms with Crippen molar-refractivity contribution < 1.29 is 0 Å². The molecule has 1 aromatic rings. The van der Waals surface area contributed by atoms with Crippen molar-refractivity contribution in [2.45, 2.75) is 31.2 Å². The van der Waals surface area contributed by atoms with Crippen molar-refractivity contribution in [3.8, 4) is 0 Å². The molecule has 0 spiro atoms. The Morgan fingerprint density at radius 3 is 2.31 bits per heavy atom. The van der Waals surface area contributed by atoms with E-state index in [0.717, 1.165) is 0 Å². The monoisotopic (exact) mass is 197 g/mol. The Labute approximate surface area is 85.7 Å². The summed E-state index contributed by atoms with van der Waals surface area (Å²) in [6.45, 7) is 0. The van der Waals surface area contributed by atoms with E-state index < -0.39 is 0 Å². The number of hydrogen-bond acceptors (Lipinski definition) is 1. The van der Waals surface area contributed by atoms with Gasteiger partial charge in [-0.05, 0) is 24.3 Å². The molecule has 0 unspecified atom stereocenters. The summed E-state index contributed by atoms with van der Waals surface area (Å²) in [5.74, 6) is 0.617. The standard InChI is InChI=1S/C11H15N.ClH/c12-11-8-4-7-10(11)9-5-2-1-3-6-9;/h1-3,5-6,10-11H,4,7-8,12H2;1H/t10-,11-;/m1./s1. The van der Waals surface area contributed by atoms with E-state index in [1.54, 1.807) is 0 Å². The molecule has 72 valence electrons. The highest BCUT2D eigenvalue weighted by Gasteiger charge is 2.24. The zero-order valence-corrected chi connectivity index (χ0v) is 8.46. The van der Waals surface area contributed by atoms with Gasteiger partial charge in [0.25, 0.3) is 0 Å². The summed E-state index contributed by atoms with van der Waals surface area (Å²) in [5, 5.41) is 0. The van der Waals surface area contributed by atoms with E-state index in [1.165, 1.54) is 24.8 Å². The van der Waals surface area contributed by atoms with Gasteiger partial charge in [-0.25, -0.2) is 0 Å². The molecule has 1 aromatic carbocycles. The van der Waals surface area contributed by atoms with Gasteiger partial charge >= 0.3 is 0 Å². The van der Waals surface area contributed by atoms with Crippen LogP contribution in [0.5, 0.6) is 0 Å². The second kappa shape index (κ2) is 4.64. The van der Waals surface area contributed by atoms with Crippen molar-refractivity contribution in [3.05, 3.63) is 35.9 Å². The smallest absolute Gasteiger partial charge is 0.0108 e. The lowest BCUT2D eigenvalue weighted by molar-refractivity contribution is 0.613. The Balaban J connectivity index is 0.000000845. The van der Waals surface area contributed by atoms with Crippen LogP contribution in [0.2, 0.25) is 0 Å². The normalized spacial score (nSPS) is 26.8. The Kier molecular flexibility index (Phi) is 3.76. The topological polar surface area (TPSA) is 26.0 Å². The van der Waals surface area contributed by atoms with Crippen molar-refractivity contribution in [1.82, 2.24) is 0 Å². The number of benzene rings is 1. The summed E-state index contributed by atoms with van der Waals surface area (Å²) in [5.41, 5.74) is 7.43. The lowest BCUT2D eigenvalue weighted by Gasteiger charge is -2.14. The molecule has 0 heterocycles. The maximum atomic E-state index is 6.01. The predicted molar refractivity (Wildman–Crippen MR) is 58.3 cm³/mol. The van der Waals surface area contributed by atoms with Gasteiger partial charge < -0.3 is 5.73 Å². The molecule has 1 nitrogen and oxygen atoms in total. The minimum Gasteiger partial charge on any atom is -0.327 e. The van der Waals surface area contributed by atoms with Crippen LogP contribution in [0.1, 0.15) is 30.7 Å². The van der Waals surface area contributed by atoms with Gasteiger partial charge in [-0.15, -0.1) is 12.4 Å². The molecule has 2 rings (SSSR count). The highest BCUT2D eigenvalue weighted by Crippen LogP contribution is 2.32. The molecule has 0 saturated heterocycles.